The van der Waals surface area contributed by atoms with Crippen molar-refractivity contribution in [3.63, 3.8) is 0 Å². The first-order valence-electron chi connectivity index (χ1n) is 6.99. The highest BCUT2D eigenvalue weighted by Crippen LogP contribution is 2.19. The molecular formula is C16H23NO3S. The highest BCUT2D eigenvalue weighted by Gasteiger charge is 2.24. The highest BCUT2D eigenvalue weighted by molar-refractivity contribution is 7.99. The third-order valence-corrected chi connectivity index (χ3v) is 4.35. The van der Waals surface area contributed by atoms with Crippen LogP contribution < -0.4 is 5.32 Å². The van der Waals surface area contributed by atoms with Gasteiger partial charge >= 0.3 is 5.97 Å². The summed E-state index contributed by atoms with van der Waals surface area (Å²) in [4.78, 5) is 22.8. The van der Waals surface area contributed by atoms with E-state index in [0.717, 1.165) is 5.75 Å². The molecule has 0 aliphatic carbocycles. The van der Waals surface area contributed by atoms with Gasteiger partial charge in [0.05, 0.1) is 5.25 Å². The van der Waals surface area contributed by atoms with Crippen LogP contribution in [-0.4, -0.2) is 27.8 Å². The average molecular weight is 309 g/mol. The van der Waals surface area contributed by atoms with Crippen molar-refractivity contribution in [3.8, 4) is 0 Å². The van der Waals surface area contributed by atoms with Gasteiger partial charge in [0.15, 0.2) is 0 Å². The highest BCUT2D eigenvalue weighted by atomic mass is 32.2. The van der Waals surface area contributed by atoms with Gasteiger partial charge in [-0.2, -0.15) is 0 Å². The molecule has 1 unspecified atom stereocenters. The summed E-state index contributed by atoms with van der Waals surface area (Å²) in [7, 11) is 0. The first-order valence-corrected chi connectivity index (χ1v) is 8.04. The molecule has 0 aromatic heterocycles. The number of thioether (sulfide) groups is 1. The summed E-state index contributed by atoms with van der Waals surface area (Å²) in [5.74, 6) is -0.111. The van der Waals surface area contributed by atoms with Crippen molar-refractivity contribution in [2.75, 3.05) is 0 Å². The van der Waals surface area contributed by atoms with E-state index >= 15 is 0 Å². The number of benzene rings is 1. The van der Waals surface area contributed by atoms with E-state index in [1.807, 2.05) is 51.1 Å². The van der Waals surface area contributed by atoms with Crippen LogP contribution in [0.4, 0.5) is 0 Å². The molecule has 21 heavy (non-hydrogen) atoms. The minimum atomic E-state index is -0.844. The summed E-state index contributed by atoms with van der Waals surface area (Å²) in [5.41, 5.74) is 0.684. The third kappa shape index (κ3) is 7.18. The second kappa shape index (κ2) is 8.08. The largest absolute Gasteiger partial charge is 0.481 e. The molecule has 0 spiro atoms. The first kappa shape index (κ1) is 17.6. The molecular weight excluding hydrogens is 286 g/mol. The summed E-state index contributed by atoms with van der Waals surface area (Å²) in [6, 6.07) is 10.0. The molecule has 116 valence electrons. The number of carboxylic acids is 1. The second-order valence-corrected chi connectivity index (χ2v) is 7.03. The first-order chi connectivity index (χ1) is 9.80. The summed E-state index contributed by atoms with van der Waals surface area (Å²) in [5, 5.41) is 11.5. The Morgan fingerprint density at radius 1 is 1.29 bits per heavy atom. The normalized spacial score (nSPS) is 12.7. The quantitative estimate of drug-likeness (QED) is 0.774. The van der Waals surface area contributed by atoms with E-state index in [-0.39, 0.29) is 17.6 Å². The van der Waals surface area contributed by atoms with Crippen molar-refractivity contribution in [2.45, 2.75) is 50.2 Å². The molecule has 1 atom stereocenters. The average Bonchev–Trinajstić information content (AvgIpc) is 2.43. The van der Waals surface area contributed by atoms with E-state index < -0.39 is 11.5 Å². The topological polar surface area (TPSA) is 66.4 Å². The van der Waals surface area contributed by atoms with Crippen LogP contribution in [0, 0.1) is 0 Å². The van der Waals surface area contributed by atoms with Crippen LogP contribution in [0.15, 0.2) is 30.3 Å². The van der Waals surface area contributed by atoms with Gasteiger partial charge in [-0.15, -0.1) is 11.8 Å². The molecule has 2 N–H and O–H groups in total. The maximum Gasteiger partial charge on any atom is 0.303 e. The Bertz CT molecular complexity index is 474. The molecule has 0 saturated heterocycles. The number of carbonyl (C=O) groups excluding carboxylic acids is 1. The lowest BCUT2D eigenvalue weighted by molar-refractivity contribution is -0.137. The molecule has 5 heteroatoms. The molecule has 1 aromatic rings. The molecule has 0 heterocycles. The molecule has 0 radical (unpaired) electrons. The van der Waals surface area contributed by atoms with Gasteiger partial charge in [-0.05, 0) is 32.8 Å². The van der Waals surface area contributed by atoms with Gasteiger partial charge < -0.3 is 10.4 Å². The smallest absolute Gasteiger partial charge is 0.303 e. The van der Waals surface area contributed by atoms with Crippen molar-refractivity contribution in [3.05, 3.63) is 35.9 Å². The number of hydrogen-bond acceptors (Lipinski definition) is 3. The lowest BCUT2D eigenvalue weighted by Crippen LogP contribution is -2.46. The molecule has 1 amide bonds. The standard InChI is InChI=1S/C16H23NO3S/c1-12(21-11-13-7-5-4-6-8-13)15(20)17-16(2,3)10-9-14(18)19/h4-8,12H,9-11H2,1-3H3,(H,17,20)(H,18,19). The summed E-state index contributed by atoms with van der Waals surface area (Å²) >= 11 is 1.57. The van der Waals surface area contributed by atoms with Crippen molar-refractivity contribution >= 4 is 23.6 Å². The van der Waals surface area contributed by atoms with Crippen molar-refractivity contribution in [1.29, 1.82) is 0 Å². The fourth-order valence-corrected chi connectivity index (χ4v) is 2.63. The Hall–Kier alpha value is -1.49. The number of carboxylic acid groups (broad SMARTS) is 1. The number of hydrogen-bond donors (Lipinski definition) is 2. The Morgan fingerprint density at radius 3 is 2.48 bits per heavy atom. The molecule has 4 nitrogen and oxygen atoms in total. The maximum absolute atomic E-state index is 12.1. The van der Waals surface area contributed by atoms with E-state index in [2.05, 4.69) is 5.32 Å². The number of rotatable bonds is 8. The zero-order chi connectivity index (χ0) is 15.9. The molecule has 0 aliphatic heterocycles. The minimum Gasteiger partial charge on any atom is -0.481 e. The summed E-state index contributed by atoms with van der Waals surface area (Å²) in [6.45, 7) is 5.57. The maximum atomic E-state index is 12.1. The Kier molecular flexibility index (Phi) is 6.75. The monoisotopic (exact) mass is 309 g/mol. The predicted octanol–water partition coefficient (Wildman–Crippen LogP) is 3.07. The van der Waals surface area contributed by atoms with E-state index in [4.69, 9.17) is 5.11 Å². The number of carbonyl (C=O) groups is 2. The van der Waals surface area contributed by atoms with E-state index in [1.165, 1.54) is 5.56 Å². The van der Waals surface area contributed by atoms with Gasteiger partial charge in [0.1, 0.15) is 0 Å². The second-order valence-electron chi connectivity index (χ2n) is 5.71. The van der Waals surface area contributed by atoms with Crippen LogP contribution in [0.3, 0.4) is 0 Å². The van der Waals surface area contributed by atoms with Gasteiger partial charge in [0, 0.05) is 17.7 Å². The summed E-state index contributed by atoms with van der Waals surface area (Å²) < 4.78 is 0. The Labute approximate surface area is 130 Å². The predicted molar refractivity (Wildman–Crippen MR) is 86.3 cm³/mol. The Balaban J connectivity index is 2.41. The number of amides is 1. The SMILES string of the molecule is CC(SCc1ccccc1)C(=O)NC(C)(C)CCC(=O)O. The van der Waals surface area contributed by atoms with Crippen LogP contribution in [-0.2, 0) is 15.3 Å². The fourth-order valence-electron chi connectivity index (χ4n) is 1.79. The van der Waals surface area contributed by atoms with Crippen molar-refractivity contribution < 1.29 is 14.7 Å². The molecule has 1 rings (SSSR count). The Morgan fingerprint density at radius 2 is 1.90 bits per heavy atom. The van der Waals surface area contributed by atoms with Crippen LogP contribution >= 0.6 is 11.8 Å². The minimum absolute atomic E-state index is 0.0497. The molecule has 0 saturated carbocycles. The number of nitrogens with one attached hydrogen (secondary N) is 1. The number of aliphatic carboxylic acids is 1. The lowest BCUT2D eigenvalue weighted by Gasteiger charge is -2.27. The molecule has 1 aromatic carbocycles. The van der Waals surface area contributed by atoms with Crippen LogP contribution in [0.5, 0.6) is 0 Å². The van der Waals surface area contributed by atoms with Gasteiger partial charge in [-0.3, -0.25) is 9.59 Å². The lowest BCUT2D eigenvalue weighted by atomic mass is 9.98. The molecule has 0 bridgehead atoms. The third-order valence-electron chi connectivity index (χ3n) is 3.14. The van der Waals surface area contributed by atoms with Gasteiger partial charge in [-0.25, -0.2) is 0 Å². The van der Waals surface area contributed by atoms with E-state index in [9.17, 15) is 9.59 Å². The van der Waals surface area contributed by atoms with Crippen LogP contribution in [0.2, 0.25) is 0 Å². The molecule has 0 fully saturated rings. The fraction of sp³-hybridized carbons (Fsp3) is 0.500. The van der Waals surface area contributed by atoms with E-state index in [1.54, 1.807) is 11.8 Å². The van der Waals surface area contributed by atoms with Gasteiger partial charge in [0.2, 0.25) is 5.91 Å². The van der Waals surface area contributed by atoms with Crippen molar-refractivity contribution in [1.82, 2.24) is 5.32 Å². The van der Waals surface area contributed by atoms with Crippen molar-refractivity contribution in [2.24, 2.45) is 0 Å². The van der Waals surface area contributed by atoms with E-state index in [0.29, 0.717) is 6.42 Å². The molecule has 0 aliphatic rings. The zero-order valence-electron chi connectivity index (χ0n) is 12.8. The van der Waals surface area contributed by atoms with Crippen LogP contribution in [0.25, 0.3) is 0 Å². The van der Waals surface area contributed by atoms with Gasteiger partial charge in [0.25, 0.3) is 0 Å². The zero-order valence-corrected chi connectivity index (χ0v) is 13.6. The van der Waals surface area contributed by atoms with Gasteiger partial charge in [-0.1, -0.05) is 30.3 Å². The summed E-state index contributed by atoms with van der Waals surface area (Å²) in [6.07, 6.45) is 0.475. The van der Waals surface area contributed by atoms with Crippen LogP contribution in [0.1, 0.15) is 39.2 Å².